The van der Waals surface area contributed by atoms with Gasteiger partial charge >= 0.3 is 23.6 Å². The number of benzene rings is 1. The maximum atomic E-state index is 13.0. The van der Waals surface area contributed by atoms with Crippen LogP contribution >= 0.6 is 0 Å². The summed E-state index contributed by atoms with van der Waals surface area (Å²) in [6.45, 7) is 5.48. The van der Waals surface area contributed by atoms with E-state index >= 15 is 0 Å². The summed E-state index contributed by atoms with van der Waals surface area (Å²) < 4.78 is 28.5. The number of fused-ring (bicyclic) bond motifs is 1. The van der Waals surface area contributed by atoms with Gasteiger partial charge < -0.3 is 23.4 Å². The summed E-state index contributed by atoms with van der Waals surface area (Å²) in [5.41, 5.74) is 1.64. The van der Waals surface area contributed by atoms with E-state index in [1.165, 1.54) is 31.5 Å². The minimum Gasteiger partial charge on any atom is -0.463 e. The molecule has 1 fully saturated rings. The van der Waals surface area contributed by atoms with Gasteiger partial charge in [-0.3, -0.25) is 19.0 Å². The number of aromatic nitrogens is 2. The third-order valence-corrected chi connectivity index (χ3v) is 5.75. The van der Waals surface area contributed by atoms with Crippen molar-refractivity contribution in [3.8, 4) is 23.2 Å². The lowest BCUT2D eigenvalue weighted by Gasteiger charge is -2.17. The normalized spacial score (nSPS) is 18.5. The second kappa shape index (κ2) is 11.3. The third kappa shape index (κ3) is 6.10. The summed E-state index contributed by atoms with van der Waals surface area (Å²) in [7, 11) is 0. The van der Waals surface area contributed by atoms with Gasteiger partial charge in [0.05, 0.1) is 10.9 Å². The average molecular weight is 523 g/mol. The number of rotatable bonds is 6. The molecule has 3 atom stereocenters. The van der Waals surface area contributed by atoms with Gasteiger partial charge in [0.15, 0.2) is 12.4 Å². The molecule has 0 unspecified atom stereocenters. The molecule has 2 aromatic heterocycles. The van der Waals surface area contributed by atoms with E-state index in [-0.39, 0.29) is 25.3 Å². The van der Waals surface area contributed by atoms with Crippen LogP contribution in [-0.4, -0.2) is 52.9 Å². The first-order chi connectivity index (χ1) is 18.1. The molecule has 0 bridgehead atoms. The molecule has 0 saturated carbocycles. The molecule has 4 rings (SSSR count). The summed E-state index contributed by atoms with van der Waals surface area (Å²) in [5, 5.41) is 0.437. The van der Waals surface area contributed by atoms with Gasteiger partial charge in [-0.05, 0) is 6.92 Å². The molecule has 0 N–H and O–H groups in total. The maximum Gasteiger partial charge on any atom is 0.353 e. The Bertz CT molecular complexity index is 1490. The van der Waals surface area contributed by atoms with E-state index in [4.69, 9.17) is 23.4 Å². The Morgan fingerprint density at radius 3 is 2.45 bits per heavy atom. The molecule has 0 radical (unpaired) electrons. The second-order valence-corrected chi connectivity index (χ2v) is 8.72. The van der Waals surface area contributed by atoms with E-state index in [2.05, 4.69) is 16.8 Å². The molecular formula is C27H26N2O9. The lowest BCUT2D eigenvalue weighted by atomic mass is 10.1. The Morgan fingerprint density at radius 1 is 1.08 bits per heavy atom. The molecule has 1 aliphatic heterocycles. The van der Waals surface area contributed by atoms with Crippen molar-refractivity contribution in [1.82, 2.24) is 9.55 Å². The Hall–Kier alpha value is -4.43. The molecule has 0 spiro atoms. The van der Waals surface area contributed by atoms with Crippen LogP contribution in [0, 0.1) is 18.8 Å². The summed E-state index contributed by atoms with van der Waals surface area (Å²) in [4.78, 5) is 51.1. The Kier molecular flexibility index (Phi) is 7.93. The lowest BCUT2D eigenvalue weighted by Crippen LogP contribution is -2.31. The first-order valence-corrected chi connectivity index (χ1v) is 11.8. The molecule has 3 aromatic rings. The largest absolute Gasteiger partial charge is 0.463 e. The molecule has 11 heteroatoms. The summed E-state index contributed by atoms with van der Waals surface area (Å²) in [6.07, 6.45) is -0.718. The molecule has 1 saturated heterocycles. The smallest absolute Gasteiger partial charge is 0.353 e. The van der Waals surface area contributed by atoms with Crippen LogP contribution in [-0.2, 0) is 33.3 Å². The highest BCUT2D eigenvalue weighted by molar-refractivity contribution is 5.88. The van der Waals surface area contributed by atoms with Crippen LogP contribution < -0.4 is 5.69 Å². The highest BCUT2D eigenvalue weighted by atomic mass is 16.6. The lowest BCUT2D eigenvalue weighted by molar-refractivity contribution is -0.155. The van der Waals surface area contributed by atoms with Crippen molar-refractivity contribution in [2.24, 2.45) is 0 Å². The summed E-state index contributed by atoms with van der Waals surface area (Å²) in [5.74, 6) is 4.66. The van der Waals surface area contributed by atoms with Gasteiger partial charge in [-0.25, -0.2) is 4.79 Å². The minimum atomic E-state index is -0.858. The van der Waals surface area contributed by atoms with Crippen LogP contribution in [0.2, 0.25) is 0 Å². The fraction of sp³-hybridized carbons (Fsp3) is 0.370. The number of hydrogen-bond donors (Lipinski definition) is 0. The first-order valence-electron chi connectivity index (χ1n) is 11.8. The third-order valence-electron chi connectivity index (χ3n) is 5.75. The van der Waals surface area contributed by atoms with Crippen molar-refractivity contribution >= 4 is 29.0 Å². The van der Waals surface area contributed by atoms with Crippen LogP contribution in [0.1, 0.15) is 44.5 Å². The van der Waals surface area contributed by atoms with Gasteiger partial charge in [0, 0.05) is 39.0 Å². The molecule has 198 valence electrons. The molecular weight excluding hydrogens is 496 g/mol. The van der Waals surface area contributed by atoms with Gasteiger partial charge in [0.1, 0.15) is 25.0 Å². The quantitative estimate of drug-likeness (QED) is 0.270. The number of ether oxygens (including phenoxy) is 4. The molecule has 3 heterocycles. The zero-order valence-corrected chi connectivity index (χ0v) is 21.3. The number of carbonyl (C=O) groups excluding carboxylic acids is 3. The number of furan rings is 1. The highest BCUT2D eigenvalue weighted by Gasteiger charge is 2.40. The average Bonchev–Trinajstić information content (AvgIpc) is 3.40. The fourth-order valence-electron chi connectivity index (χ4n) is 4.03. The van der Waals surface area contributed by atoms with Gasteiger partial charge in [-0.2, -0.15) is 4.98 Å². The van der Waals surface area contributed by atoms with Crippen molar-refractivity contribution in [1.29, 1.82) is 0 Å². The molecule has 0 aliphatic carbocycles. The van der Waals surface area contributed by atoms with E-state index in [0.717, 1.165) is 11.1 Å². The van der Waals surface area contributed by atoms with Gasteiger partial charge in [-0.15, -0.1) is 0 Å². The standard InChI is InChI=1S/C27H26N2O9/c1-15-7-9-19(10-8-15)25-20(6-5-11-34-16(2)30)21-13-29(27(33)28-26(21)38-25)24-12-22(36-18(4)32)23(37-24)14-35-17(3)31/h7-10,13,22-24H,11-12,14H2,1-4H3/t22-,23+,24+/m0/s1. The molecule has 38 heavy (non-hydrogen) atoms. The van der Waals surface area contributed by atoms with Crippen LogP contribution in [0.4, 0.5) is 0 Å². The van der Waals surface area contributed by atoms with Gasteiger partial charge in [-0.1, -0.05) is 41.7 Å². The number of hydrogen-bond acceptors (Lipinski definition) is 10. The van der Waals surface area contributed by atoms with E-state index < -0.39 is 42.0 Å². The van der Waals surface area contributed by atoms with Crippen molar-refractivity contribution in [3.63, 3.8) is 0 Å². The van der Waals surface area contributed by atoms with Crippen molar-refractivity contribution in [2.45, 2.75) is 52.6 Å². The predicted molar refractivity (Wildman–Crippen MR) is 133 cm³/mol. The van der Waals surface area contributed by atoms with Crippen molar-refractivity contribution in [3.05, 3.63) is 52.1 Å². The molecule has 1 aliphatic rings. The topological polar surface area (TPSA) is 136 Å². The van der Waals surface area contributed by atoms with Crippen molar-refractivity contribution in [2.75, 3.05) is 13.2 Å². The minimum absolute atomic E-state index is 0.0737. The van der Waals surface area contributed by atoms with Gasteiger partial charge in [0.25, 0.3) is 0 Å². The molecule has 1 aromatic carbocycles. The molecule has 0 amide bonds. The van der Waals surface area contributed by atoms with E-state index in [1.54, 1.807) is 0 Å². The highest BCUT2D eigenvalue weighted by Crippen LogP contribution is 2.34. The Morgan fingerprint density at radius 2 is 1.79 bits per heavy atom. The zero-order valence-electron chi connectivity index (χ0n) is 21.3. The molecule has 11 nitrogen and oxygen atoms in total. The Labute approximate surface area is 217 Å². The Balaban J connectivity index is 1.76. The SMILES string of the molecule is CC(=O)OCC#Cc1c(-c2ccc(C)cc2)oc2nc(=O)n([C@H]3C[C@H](OC(C)=O)[C@@H](COC(C)=O)O3)cc12. The zero-order chi connectivity index (χ0) is 27.4. The summed E-state index contributed by atoms with van der Waals surface area (Å²) in [6, 6.07) is 7.55. The fourth-order valence-corrected chi connectivity index (χ4v) is 4.03. The number of esters is 3. The maximum absolute atomic E-state index is 13.0. The second-order valence-electron chi connectivity index (χ2n) is 8.72. The van der Waals surface area contributed by atoms with Crippen molar-refractivity contribution < 1.29 is 37.7 Å². The monoisotopic (exact) mass is 522 g/mol. The van der Waals surface area contributed by atoms with E-state index in [9.17, 15) is 19.2 Å². The van der Waals surface area contributed by atoms with Crippen LogP contribution in [0.25, 0.3) is 22.4 Å². The van der Waals surface area contributed by atoms with E-state index in [1.807, 2.05) is 31.2 Å². The van der Waals surface area contributed by atoms with Crippen LogP contribution in [0.5, 0.6) is 0 Å². The van der Waals surface area contributed by atoms with Crippen LogP contribution in [0.3, 0.4) is 0 Å². The van der Waals surface area contributed by atoms with Gasteiger partial charge in [0.2, 0.25) is 5.71 Å². The number of carbonyl (C=O) groups is 3. The number of aryl methyl sites for hydroxylation is 1. The van der Waals surface area contributed by atoms with Crippen LogP contribution in [0.15, 0.2) is 39.7 Å². The predicted octanol–water partition coefficient (Wildman–Crippen LogP) is 2.66. The summed E-state index contributed by atoms with van der Waals surface area (Å²) >= 11 is 0. The first kappa shape index (κ1) is 26.6. The van der Waals surface area contributed by atoms with E-state index in [0.29, 0.717) is 16.7 Å². The number of nitrogens with zero attached hydrogens (tertiary/aromatic N) is 2.